The lowest BCUT2D eigenvalue weighted by Gasteiger charge is -2.02. The molecule has 2 aromatic carbocycles. The van der Waals surface area contributed by atoms with Gasteiger partial charge in [-0.05, 0) is 17.7 Å². The van der Waals surface area contributed by atoms with Gasteiger partial charge >= 0.3 is 11.8 Å². The van der Waals surface area contributed by atoms with Crippen LogP contribution >= 0.6 is 0 Å². The predicted octanol–water partition coefficient (Wildman–Crippen LogP) is 2.18. The number of carbonyl (C=O) groups excluding carboxylic acids is 2. The highest BCUT2D eigenvalue weighted by molar-refractivity contribution is 5.92. The SMILES string of the molecule is O=C(Cc1noc(C(=O)NCc2ccccc2)n1)Nc1ccccc1. The van der Waals surface area contributed by atoms with Crippen molar-refractivity contribution >= 4 is 17.5 Å². The number of carbonyl (C=O) groups is 2. The molecule has 0 aliphatic carbocycles. The number of anilines is 1. The molecule has 0 atom stereocenters. The molecular formula is C18H16N4O3. The molecule has 126 valence electrons. The molecule has 1 aromatic heterocycles. The molecule has 7 heteroatoms. The van der Waals surface area contributed by atoms with Crippen LogP contribution in [0.5, 0.6) is 0 Å². The topological polar surface area (TPSA) is 97.1 Å². The Morgan fingerprint density at radius 2 is 1.64 bits per heavy atom. The van der Waals surface area contributed by atoms with Gasteiger partial charge in [-0.1, -0.05) is 53.7 Å². The number of benzene rings is 2. The minimum absolute atomic E-state index is 0.0790. The number of para-hydroxylation sites is 1. The van der Waals surface area contributed by atoms with Gasteiger partial charge in [0.15, 0.2) is 5.82 Å². The van der Waals surface area contributed by atoms with Crippen molar-refractivity contribution in [3.05, 3.63) is 77.9 Å². The van der Waals surface area contributed by atoms with Gasteiger partial charge in [-0.2, -0.15) is 4.98 Å². The Bertz CT molecular complexity index is 847. The smallest absolute Gasteiger partial charge is 0.315 e. The molecule has 0 radical (unpaired) electrons. The summed E-state index contributed by atoms with van der Waals surface area (Å²) in [6.07, 6.45) is -0.0790. The Hall–Kier alpha value is -3.48. The van der Waals surface area contributed by atoms with E-state index in [1.54, 1.807) is 12.1 Å². The fourth-order valence-corrected chi connectivity index (χ4v) is 2.14. The average molecular weight is 336 g/mol. The minimum atomic E-state index is -0.480. The molecular weight excluding hydrogens is 320 g/mol. The van der Waals surface area contributed by atoms with Gasteiger partial charge < -0.3 is 15.2 Å². The lowest BCUT2D eigenvalue weighted by molar-refractivity contribution is -0.115. The number of aromatic nitrogens is 2. The van der Waals surface area contributed by atoms with Crippen LogP contribution in [0.4, 0.5) is 5.69 Å². The Morgan fingerprint density at radius 3 is 2.36 bits per heavy atom. The first kappa shape index (κ1) is 16.4. The zero-order valence-corrected chi connectivity index (χ0v) is 13.3. The third-order valence-electron chi connectivity index (χ3n) is 3.33. The predicted molar refractivity (Wildman–Crippen MR) is 90.7 cm³/mol. The van der Waals surface area contributed by atoms with Crippen LogP contribution in [0.3, 0.4) is 0 Å². The second kappa shape index (κ2) is 7.87. The fraction of sp³-hybridized carbons (Fsp3) is 0.111. The third kappa shape index (κ3) is 4.74. The standard InChI is InChI=1S/C18H16N4O3/c23-16(20-14-9-5-2-6-10-14)11-15-21-18(25-22-15)17(24)19-12-13-7-3-1-4-8-13/h1-10H,11-12H2,(H,19,24)(H,20,23). The van der Waals surface area contributed by atoms with Gasteiger partial charge in [0.1, 0.15) is 0 Å². The Morgan fingerprint density at radius 1 is 0.960 bits per heavy atom. The summed E-state index contributed by atoms with van der Waals surface area (Å²) in [5.74, 6) is -0.786. The van der Waals surface area contributed by atoms with E-state index < -0.39 is 5.91 Å². The summed E-state index contributed by atoms with van der Waals surface area (Å²) in [7, 11) is 0. The van der Waals surface area contributed by atoms with Crippen LogP contribution < -0.4 is 10.6 Å². The van der Waals surface area contributed by atoms with Crippen molar-refractivity contribution in [3.8, 4) is 0 Å². The van der Waals surface area contributed by atoms with E-state index in [9.17, 15) is 9.59 Å². The van der Waals surface area contributed by atoms with Crippen molar-refractivity contribution in [1.29, 1.82) is 0 Å². The summed E-state index contributed by atoms with van der Waals surface area (Å²) in [6, 6.07) is 18.5. The van der Waals surface area contributed by atoms with Gasteiger partial charge in [0.05, 0.1) is 6.42 Å². The van der Waals surface area contributed by atoms with Gasteiger partial charge in [-0.3, -0.25) is 9.59 Å². The number of hydrogen-bond acceptors (Lipinski definition) is 5. The lowest BCUT2D eigenvalue weighted by Crippen LogP contribution is -2.23. The van der Waals surface area contributed by atoms with Crippen molar-refractivity contribution in [1.82, 2.24) is 15.5 Å². The number of hydrogen-bond donors (Lipinski definition) is 2. The van der Waals surface area contributed by atoms with Crippen LogP contribution in [0, 0.1) is 0 Å². The monoisotopic (exact) mass is 336 g/mol. The van der Waals surface area contributed by atoms with Gasteiger partial charge in [0, 0.05) is 12.2 Å². The van der Waals surface area contributed by atoms with E-state index in [0.717, 1.165) is 5.56 Å². The van der Waals surface area contributed by atoms with Crippen LogP contribution in [0.2, 0.25) is 0 Å². The molecule has 3 aromatic rings. The zero-order valence-electron chi connectivity index (χ0n) is 13.3. The quantitative estimate of drug-likeness (QED) is 0.719. The van der Waals surface area contributed by atoms with Crippen molar-refractivity contribution in [2.45, 2.75) is 13.0 Å². The first-order chi connectivity index (χ1) is 12.2. The molecule has 2 N–H and O–H groups in total. The molecule has 3 rings (SSSR count). The Kier molecular flexibility index (Phi) is 5.16. The number of amides is 2. The van der Waals surface area contributed by atoms with Crippen LogP contribution in [-0.2, 0) is 17.8 Å². The average Bonchev–Trinajstić information content (AvgIpc) is 3.10. The van der Waals surface area contributed by atoms with Crippen LogP contribution in [0.15, 0.2) is 65.2 Å². The van der Waals surface area contributed by atoms with Crippen LogP contribution in [-0.4, -0.2) is 22.0 Å². The fourth-order valence-electron chi connectivity index (χ4n) is 2.14. The number of rotatable bonds is 6. The molecule has 0 spiro atoms. The molecule has 2 amide bonds. The van der Waals surface area contributed by atoms with E-state index in [1.165, 1.54) is 0 Å². The molecule has 0 aliphatic heterocycles. The Labute approximate surface area is 144 Å². The van der Waals surface area contributed by atoms with E-state index in [0.29, 0.717) is 12.2 Å². The molecule has 1 heterocycles. The molecule has 0 bridgehead atoms. The number of nitrogens with one attached hydrogen (secondary N) is 2. The largest absolute Gasteiger partial charge is 0.344 e. The molecule has 0 saturated heterocycles. The third-order valence-corrected chi connectivity index (χ3v) is 3.33. The lowest BCUT2D eigenvalue weighted by atomic mass is 10.2. The van der Waals surface area contributed by atoms with Gasteiger partial charge in [-0.15, -0.1) is 0 Å². The van der Waals surface area contributed by atoms with E-state index in [4.69, 9.17) is 4.52 Å². The van der Waals surface area contributed by atoms with Crippen LogP contribution in [0.25, 0.3) is 0 Å². The molecule has 0 unspecified atom stereocenters. The summed E-state index contributed by atoms with van der Waals surface area (Å²) < 4.78 is 4.91. The first-order valence-corrected chi connectivity index (χ1v) is 7.70. The van der Waals surface area contributed by atoms with E-state index in [1.807, 2.05) is 48.5 Å². The van der Waals surface area contributed by atoms with Crippen molar-refractivity contribution < 1.29 is 14.1 Å². The van der Waals surface area contributed by atoms with Crippen LogP contribution in [0.1, 0.15) is 22.1 Å². The maximum absolute atomic E-state index is 12.0. The second-order valence-corrected chi connectivity index (χ2v) is 5.28. The van der Waals surface area contributed by atoms with Gasteiger partial charge in [0.2, 0.25) is 5.91 Å². The van der Waals surface area contributed by atoms with Gasteiger partial charge in [-0.25, -0.2) is 0 Å². The van der Waals surface area contributed by atoms with Crippen molar-refractivity contribution in [3.63, 3.8) is 0 Å². The first-order valence-electron chi connectivity index (χ1n) is 7.70. The molecule has 0 fully saturated rings. The molecule has 25 heavy (non-hydrogen) atoms. The molecule has 7 nitrogen and oxygen atoms in total. The highest BCUT2D eigenvalue weighted by Crippen LogP contribution is 2.06. The minimum Gasteiger partial charge on any atom is -0.344 e. The summed E-state index contributed by atoms with van der Waals surface area (Å²) in [4.78, 5) is 27.9. The van der Waals surface area contributed by atoms with E-state index in [-0.39, 0.29) is 24.0 Å². The summed E-state index contributed by atoms with van der Waals surface area (Å²) in [5, 5.41) is 9.07. The maximum Gasteiger partial charge on any atom is 0.315 e. The van der Waals surface area contributed by atoms with Crippen molar-refractivity contribution in [2.75, 3.05) is 5.32 Å². The molecule has 0 saturated carbocycles. The zero-order chi connectivity index (χ0) is 17.5. The van der Waals surface area contributed by atoms with E-state index >= 15 is 0 Å². The summed E-state index contributed by atoms with van der Waals surface area (Å²) >= 11 is 0. The Balaban J connectivity index is 1.53. The summed E-state index contributed by atoms with van der Waals surface area (Å²) in [5.41, 5.74) is 1.63. The van der Waals surface area contributed by atoms with Gasteiger partial charge in [0.25, 0.3) is 0 Å². The number of nitrogens with zero attached hydrogens (tertiary/aromatic N) is 2. The normalized spacial score (nSPS) is 10.2. The second-order valence-electron chi connectivity index (χ2n) is 5.28. The molecule has 0 aliphatic rings. The van der Waals surface area contributed by atoms with Crippen molar-refractivity contribution in [2.24, 2.45) is 0 Å². The highest BCUT2D eigenvalue weighted by atomic mass is 16.5. The maximum atomic E-state index is 12.0. The van der Waals surface area contributed by atoms with E-state index in [2.05, 4.69) is 20.8 Å². The highest BCUT2D eigenvalue weighted by Gasteiger charge is 2.16. The summed E-state index contributed by atoms with van der Waals surface area (Å²) in [6.45, 7) is 0.353.